The smallest absolute Gasteiger partial charge is 0.251 e. The minimum absolute atomic E-state index is 0.0184. The van der Waals surface area contributed by atoms with E-state index in [1.807, 2.05) is 0 Å². The Balaban J connectivity index is 2.10. The standard InChI is InChI=1S/C13H16N2O3S/c14-12(19)10-2-1-3-11(10)15-13(18)7-4-8(16)6-9(17)5-7/h4-6,10-11,16-17H,1-3H2,(H2,14,19)(H,15,18). The molecule has 0 radical (unpaired) electrons. The number of carbonyl (C=O) groups is 1. The number of rotatable bonds is 3. The Morgan fingerprint density at radius 3 is 2.47 bits per heavy atom. The van der Waals surface area contributed by atoms with Crippen LogP contribution in [0.2, 0.25) is 0 Å². The molecule has 1 saturated carbocycles. The monoisotopic (exact) mass is 280 g/mol. The molecular weight excluding hydrogens is 264 g/mol. The van der Waals surface area contributed by atoms with E-state index in [0.29, 0.717) is 4.99 Å². The lowest BCUT2D eigenvalue weighted by Gasteiger charge is -2.20. The maximum atomic E-state index is 12.1. The van der Waals surface area contributed by atoms with E-state index in [-0.39, 0.29) is 34.9 Å². The molecular formula is C13H16N2O3S. The van der Waals surface area contributed by atoms with Gasteiger partial charge in [-0.1, -0.05) is 18.6 Å². The van der Waals surface area contributed by atoms with E-state index >= 15 is 0 Å². The lowest BCUT2D eigenvalue weighted by atomic mass is 10.0. The summed E-state index contributed by atoms with van der Waals surface area (Å²) in [5.41, 5.74) is 5.86. The van der Waals surface area contributed by atoms with Gasteiger partial charge in [0, 0.05) is 23.6 Å². The number of hydrogen-bond acceptors (Lipinski definition) is 4. The molecule has 5 nitrogen and oxygen atoms in total. The van der Waals surface area contributed by atoms with Crippen LogP contribution in [0.5, 0.6) is 11.5 Å². The zero-order chi connectivity index (χ0) is 14.0. The van der Waals surface area contributed by atoms with Gasteiger partial charge in [-0.2, -0.15) is 0 Å². The molecule has 0 aliphatic heterocycles. The number of phenols is 2. The summed E-state index contributed by atoms with van der Waals surface area (Å²) in [5.74, 6) is -0.630. The van der Waals surface area contributed by atoms with Gasteiger partial charge in [-0.05, 0) is 25.0 Å². The van der Waals surface area contributed by atoms with Crippen LogP contribution in [0.1, 0.15) is 29.6 Å². The van der Waals surface area contributed by atoms with Gasteiger partial charge in [-0.15, -0.1) is 0 Å². The first-order valence-electron chi connectivity index (χ1n) is 6.10. The second-order valence-electron chi connectivity index (χ2n) is 4.76. The van der Waals surface area contributed by atoms with Crippen LogP contribution in [0, 0.1) is 5.92 Å². The highest BCUT2D eigenvalue weighted by Crippen LogP contribution is 2.27. The van der Waals surface area contributed by atoms with Gasteiger partial charge < -0.3 is 21.3 Å². The van der Waals surface area contributed by atoms with Gasteiger partial charge in [0.05, 0.1) is 4.99 Å². The summed E-state index contributed by atoms with van der Waals surface area (Å²) in [5, 5.41) is 21.6. The number of benzene rings is 1. The molecule has 6 heteroatoms. The van der Waals surface area contributed by atoms with Crippen molar-refractivity contribution in [2.75, 3.05) is 0 Å². The molecule has 1 fully saturated rings. The number of aromatic hydroxyl groups is 2. The Hall–Kier alpha value is -1.82. The summed E-state index contributed by atoms with van der Waals surface area (Å²) in [7, 11) is 0. The average molecular weight is 280 g/mol. The third-order valence-electron chi connectivity index (χ3n) is 3.36. The zero-order valence-electron chi connectivity index (χ0n) is 10.3. The molecule has 19 heavy (non-hydrogen) atoms. The highest BCUT2D eigenvalue weighted by molar-refractivity contribution is 7.80. The van der Waals surface area contributed by atoms with Crippen LogP contribution in [-0.4, -0.2) is 27.2 Å². The first-order chi connectivity index (χ1) is 8.97. The van der Waals surface area contributed by atoms with E-state index in [2.05, 4.69) is 5.32 Å². The molecule has 2 atom stereocenters. The first kappa shape index (κ1) is 13.6. The van der Waals surface area contributed by atoms with E-state index in [1.165, 1.54) is 18.2 Å². The number of nitrogens with one attached hydrogen (secondary N) is 1. The SMILES string of the molecule is NC(=S)C1CCCC1NC(=O)c1cc(O)cc(O)c1. The largest absolute Gasteiger partial charge is 0.508 e. The van der Waals surface area contributed by atoms with Gasteiger partial charge in [0.1, 0.15) is 11.5 Å². The molecule has 0 heterocycles. The van der Waals surface area contributed by atoms with Crippen LogP contribution in [0.25, 0.3) is 0 Å². The Bertz CT molecular complexity index is 498. The van der Waals surface area contributed by atoms with Gasteiger partial charge in [0.2, 0.25) is 0 Å². The van der Waals surface area contributed by atoms with Crippen molar-refractivity contribution in [1.82, 2.24) is 5.32 Å². The van der Waals surface area contributed by atoms with Crippen molar-refractivity contribution in [2.45, 2.75) is 25.3 Å². The molecule has 1 aliphatic carbocycles. The van der Waals surface area contributed by atoms with E-state index in [9.17, 15) is 15.0 Å². The van der Waals surface area contributed by atoms with E-state index in [4.69, 9.17) is 18.0 Å². The quantitative estimate of drug-likeness (QED) is 0.626. The summed E-state index contributed by atoms with van der Waals surface area (Å²) in [6.07, 6.45) is 2.68. The van der Waals surface area contributed by atoms with Crippen molar-refractivity contribution in [1.29, 1.82) is 0 Å². The third kappa shape index (κ3) is 3.14. The van der Waals surface area contributed by atoms with E-state index in [1.54, 1.807) is 0 Å². The lowest BCUT2D eigenvalue weighted by molar-refractivity contribution is 0.0933. The average Bonchev–Trinajstić information content (AvgIpc) is 2.75. The third-order valence-corrected chi connectivity index (χ3v) is 3.67. The van der Waals surface area contributed by atoms with Crippen molar-refractivity contribution in [3.05, 3.63) is 23.8 Å². The molecule has 1 amide bonds. The van der Waals surface area contributed by atoms with E-state index < -0.39 is 0 Å². The van der Waals surface area contributed by atoms with Gasteiger partial charge in [0.15, 0.2) is 0 Å². The fourth-order valence-electron chi connectivity index (χ4n) is 2.45. The Morgan fingerprint density at radius 2 is 1.89 bits per heavy atom. The first-order valence-corrected chi connectivity index (χ1v) is 6.51. The zero-order valence-corrected chi connectivity index (χ0v) is 11.1. The van der Waals surface area contributed by atoms with Crippen LogP contribution < -0.4 is 11.1 Å². The Kier molecular flexibility index (Phi) is 3.90. The topological polar surface area (TPSA) is 95.6 Å². The maximum Gasteiger partial charge on any atom is 0.251 e. The van der Waals surface area contributed by atoms with Gasteiger partial charge in [0.25, 0.3) is 5.91 Å². The summed E-state index contributed by atoms with van der Waals surface area (Å²) in [6, 6.07) is 3.71. The predicted octanol–water partition coefficient (Wildman–Crippen LogP) is 1.28. The molecule has 1 aromatic carbocycles. The fraction of sp³-hybridized carbons (Fsp3) is 0.385. The van der Waals surface area contributed by atoms with Crippen molar-refractivity contribution in [3.63, 3.8) is 0 Å². The van der Waals surface area contributed by atoms with Gasteiger partial charge in [-0.3, -0.25) is 4.79 Å². The number of phenolic OH excluding ortho intramolecular Hbond substituents is 2. The second kappa shape index (κ2) is 5.44. The van der Waals surface area contributed by atoms with E-state index in [0.717, 1.165) is 19.3 Å². The van der Waals surface area contributed by atoms with Crippen molar-refractivity contribution in [2.24, 2.45) is 11.7 Å². The Labute approximate surface area is 116 Å². The second-order valence-corrected chi connectivity index (χ2v) is 5.23. The minimum atomic E-state index is -0.348. The fourth-order valence-corrected chi connectivity index (χ4v) is 2.73. The number of nitrogens with two attached hydrogens (primary N) is 1. The summed E-state index contributed by atoms with van der Waals surface area (Å²) < 4.78 is 0. The summed E-state index contributed by atoms with van der Waals surface area (Å²) in [4.78, 5) is 12.5. The van der Waals surface area contributed by atoms with Crippen LogP contribution in [0.4, 0.5) is 0 Å². The number of hydrogen-bond donors (Lipinski definition) is 4. The highest BCUT2D eigenvalue weighted by Gasteiger charge is 2.30. The van der Waals surface area contributed by atoms with Crippen LogP contribution in [-0.2, 0) is 0 Å². The molecule has 0 saturated heterocycles. The van der Waals surface area contributed by atoms with Gasteiger partial charge in [-0.25, -0.2) is 0 Å². The molecule has 5 N–H and O–H groups in total. The maximum absolute atomic E-state index is 12.1. The van der Waals surface area contributed by atoms with Crippen LogP contribution in [0.15, 0.2) is 18.2 Å². The summed E-state index contributed by atoms with van der Waals surface area (Å²) >= 11 is 4.99. The van der Waals surface area contributed by atoms with Gasteiger partial charge >= 0.3 is 0 Å². The molecule has 0 spiro atoms. The molecule has 1 aromatic rings. The van der Waals surface area contributed by atoms with Crippen molar-refractivity contribution < 1.29 is 15.0 Å². The normalized spacial score (nSPS) is 22.1. The summed E-state index contributed by atoms with van der Waals surface area (Å²) in [6.45, 7) is 0. The molecule has 2 unspecified atom stereocenters. The van der Waals surface area contributed by atoms with Crippen molar-refractivity contribution in [3.8, 4) is 11.5 Å². The highest BCUT2D eigenvalue weighted by atomic mass is 32.1. The predicted molar refractivity (Wildman–Crippen MR) is 75.2 cm³/mol. The Morgan fingerprint density at radius 1 is 1.26 bits per heavy atom. The lowest BCUT2D eigenvalue weighted by Crippen LogP contribution is -2.41. The molecule has 0 aromatic heterocycles. The molecule has 1 aliphatic rings. The number of carbonyl (C=O) groups excluding carboxylic acids is 1. The number of amides is 1. The van der Waals surface area contributed by atoms with Crippen LogP contribution in [0.3, 0.4) is 0 Å². The molecule has 0 bridgehead atoms. The molecule has 102 valence electrons. The molecule has 2 rings (SSSR count). The minimum Gasteiger partial charge on any atom is -0.508 e. The van der Waals surface area contributed by atoms with Crippen LogP contribution >= 0.6 is 12.2 Å². The number of thiocarbonyl (C=S) groups is 1. The van der Waals surface area contributed by atoms with Crippen molar-refractivity contribution >= 4 is 23.1 Å².